The van der Waals surface area contributed by atoms with E-state index in [9.17, 15) is 9.59 Å². The average molecular weight is 446 g/mol. The summed E-state index contributed by atoms with van der Waals surface area (Å²) in [5.74, 6) is -0.0552. The van der Waals surface area contributed by atoms with Crippen LogP contribution in [0.1, 0.15) is 34.5 Å². The summed E-state index contributed by atoms with van der Waals surface area (Å²) in [5.41, 5.74) is 4.59. The monoisotopic (exact) mass is 445 g/mol. The summed E-state index contributed by atoms with van der Waals surface area (Å²) >= 11 is 0. The molecule has 1 aliphatic heterocycles. The number of benzene rings is 2. The average Bonchev–Trinajstić information content (AvgIpc) is 3.37. The van der Waals surface area contributed by atoms with E-state index in [1.54, 1.807) is 17.0 Å². The summed E-state index contributed by atoms with van der Waals surface area (Å²) in [6.07, 6.45) is 3.08. The van der Waals surface area contributed by atoms with E-state index in [2.05, 4.69) is 60.7 Å². The van der Waals surface area contributed by atoms with Crippen LogP contribution in [0.25, 0.3) is 11.1 Å². The van der Waals surface area contributed by atoms with E-state index in [0.717, 1.165) is 36.1 Å². The molecule has 2 heterocycles. The Labute approximate surface area is 195 Å². The van der Waals surface area contributed by atoms with Crippen molar-refractivity contribution in [1.82, 2.24) is 15.1 Å². The second kappa shape index (κ2) is 10.5. The highest BCUT2D eigenvalue weighted by atomic mass is 16.3. The first-order chi connectivity index (χ1) is 16.0. The highest BCUT2D eigenvalue weighted by Gasteiger charge is 2.29. The predicted molar refractivity (Wildman–Crippen MR) is 128 cm³/mol. The Morgan fingerprint density at radius 3 is 2.58 bits per heavy atom. The van der Waals surface area contributed by atoms with Crippen LogP contribution in [0.2, 0.25) is 0 Å². The molecule has 4 rings (SSSR count). The van der Waals surface area contributed by atoms with Gasteiger partial charge >= 0.3 is 0 Å². The van der Waals surface area contributed by atoms with E-state index >= 15 is 0 Å². The van der Waals surface area contributed by atoms with E-state index in [1.807, 2.05) is 12.1 Å². The van der Waals surface area contributed by atoms with Crippen LogP contribution in [0.4, 0.5) is 0 Å². The minimum absolute atomic E-state index is 0.0110. The molecule has 0 bridgehead atoms. The van der Waals surface area contributed by atoms with Gasteiger partial charge in [0.2, 0.25) is 5.91 Å². The Morgan fingerprint density at radius 1 is 1.06 bits per heavy atom. The van der Waals surface area contributed by atoms with Crippen LogP contribution in [-0.2, 0) is 17.9 Å². The van der Waals surface area contributed by atoms with Gasteiger partial charge in [0.15, 0.2) is 5.76 Å². The number of carbonyl (C=O) groups excluding carboxylic acids is 2. The molecule has 6 nitrogen and oxygen atoms in total. The van der Waals surface area contributed by atoms with Gasteiger partial charge in [-0.05, 0) is 61.3 Å². The lowest BCUT2D eigenvalue weighted by Crippen LogP contribution is -2.45. The number of carbonyl (C=O) groups is 2. The van der Waals surface area contributed by atoms with Gasteiger partial charge in [0, 0.05) is 26.2 Å². The van der Waals surface area contributed by atoms with Crippen molar-refractivity contribution >= 4 is 11.8 Å². The number of nitrogens with zero attached hydrogens (tertiary/aromatic N) is 2. The van der Waals surface area contributed by atoms with Crippen molar-refractivity contribution in [2.75, 3.05) is 27.2 Å². The molecule has 0 unspecified atom stereocenters. The second-order valence-electron chi connectivity index (χ2n) is 8.88. The molecule has 0 radical (unpaired) electrons. The van der Waals surface area contributed by atoms with Gasteiger partial charge in [-0.15, -0.1) is 0 Å². The van der Waals surface area contributed by atoms with Crippen molar-refractivity contribution in [1.29, 1.82) is 0 Å². The summed E-state index contributed by atoms with van der Waals surface area (Å²) in [7, 11) is 4.12. The molecule has 1 N–H and O–H groups in total. The lowest BCUT2D eigenvalue weighted by atomic mass is 9.96. The van der Waals surface area contributed by atoms with E-state index in [4.69, 9.17) is 4.42 Å². The zero-order chi connectivity index (χ0) is 23.2. The van der Waals surface area contributed by atoms with Crippen LogP contribution in [0.3, 0.4) is 0 Å². The number of piperidine rings is 1. The summed E-state index contributed by atoms with van der Waals surface area (Å²) in [4.78, 5) is 29.4. The SMILES string of the molecule is CN(C)Cc1ccc(-c2ccccc2CNC(=O)[C@H]2CCCN(C(=O)c3ccco3)C2)cc1. The van der Waals surface area contributed by atoms with Crippen LogP contribution >= 0.6 is 0 Å². The fourth-order valence-electron chi connectivity index (χ4n) is 4.37. The number of nitrogens with one attached hydrogen (secondary N) is 1. The van der Waals surface area contributed by atoms with Gasteiger partial charge in [0.25, 0.3) is 5.91 Å². The van der Waals surface area contributed by atoms with Gasteiger partial charge < -0.3 is 19.5 Å². The number of furan rings is 1. The maximum Gasteiger partial charge on any atom is 0.289 e. The topological polar surface area (TPSA) is 65.8 Å². The molecule has 1 saturated heterocycles. The lowest BCUT2D eigenvalue weighted by Gasteiger charge is -2.31. The molecule has 6 heteroatoms. The second-order valence-corrected chi connectivity index (χ2v) is 8.88. The first kappa shape index (κ1) is 22.8. The van der Waals surface area contributed by atoms with E-state index in [1.165, 1.54) is 11.8 Å². The normalized spacial score (nSPS) is 16.1. The molecule has 1 fully saturated rings. The molecule has 0 aliphatic carbocycles. The summed E-state index contributed by atoms with van der Waals surface area (Å²) in [5, 5.41) is 3.10. The maximum atomic E-state index is 12.9. The summed E-state index contributed by atoms with van der Waals surface area (Å²) in [6, 6.07) is 20.1. The van der Waals surface area contributed by atoms with Gasteiger partial charge in [0.05, 0.1) is 12.2 Å². The minimum atomic E-state index is -0.213. The quantitative estimate of drug-likeness (QED) is 0.593. The molecule has 33 heavy (non-hydrogen) atoms. The molecule has 2 aromatic carbocycles. The third-order valence-corrected chi connectivity index (χ3v) is 6.05. The van der Waals surface area contributed by atoms with Crippen molar-refractivity contribution in [2.45, 2.75) is 25.9 Å². The Balaban J connectivity index is 1.39. The zero-order valence-electron chi connectivity index (χ0n) is 19.3. The van der Waals surface area contributed by atoms with Crippen LogP contribution in [-0.4, -0.2) is 48.8 Å². The Bertz CT molecular complexity index is 1070. The first-order valence-corrected chi connectivity index (χ1v) is 11.4. The predicted octanol–water partition coefficient (Wildman–Crippen LogP) is 4.18. The van der Waals surface area contributed by atoms with Crippen LogP contribution in [0.5, 0.6) is 0 Å². The molecule has 1 aliphatic rings. The molecule has 172 valence electrons. The van der Waals surface area contributed by atoms with Crippen molar-refractivity contribution < 1.29 is 14.0 Å². The van der Waals surface area contributed by atoms with E-state index in [0.29, 0.717) is 25.4 Å². The van der Waals surface area contributed by atoms with Crippen LogP contribution in [0, 0.1) is 5.92 Å². The maximum absolute atomic E-state index is 12.9. The third-order valence-electron chi connectivity index (χ3n) is 6.05. The Kier molecular flexibility index (Phi) is 7.25. The smallest absolute Gasteiger partial charge is 0.289 e. The molecular weight excluding hydrogens is 414 g/mol. The number of likely N-dealkylation sites (tertiary alicyclic amines) is 1. The van der Waals surface area contributed by atoms with Gasteiger partial charge in [-0.2, -0.15) is 0 Å². The third kappa shape index (κ3) is 5.71. The number of rotatable bonds is 7. The molecular formula is C27H31N3O3. The van der Waals surface area contributed by atoms with Gasteiger partial charge in [-0.3, -0.25) is 9.59 Å². The largest absolute Gasteiger partial charge is 0.459 e. The van der Waals surface area contributed by atoms with Gasteiger partial charge in [-0.1, -0.05) is 48.5 Å². The molecule has 0 spiro atoms. The van der Waals surface area contributed by atoms with Crippen molar-refractivity contribution in [3.05, 3.63) is 83.8 Å². The summed E-state index contributed by atoms with van der Waals surface area (Å²) in [6.45, 7) is 2.42. The minimum Gasteiger partial charge on any atom is -0.459 e. The number of amides is 2. The fourth-order valence-corrected chi connectivity index (χ4v) is 4.37. The highest BCUT2D eigenvalue weighted by Crippen LogP contribution is 2.25. The zero-order valence-corrected chi connectivity index (χ0v) is 19.3. The van der Waals surface area contributed by atoms with Crippen LogP contribution in [0.15, 0.2) is 71.3 Å². The van der Waals surface area contributed by atoms with Gasteiger partial charge in [-0.25, -0.2) is 0 Å². The molecule has 3 aromatic rings. The van der Waals surface area contributed by atoms with Crippen molar-refractivity contribution in [3.63, 3.8) is 0 Å². The molecule has 2 amide bonds. The number of hydrogen-bond acceptors (Lipinski definition) is 4. The van der Waals surface area contributed by atoms with Crippen molar-refractivity contribution in [2.24, 2.45) is 5.92 Å². The Hall–Kier alpha value is -3.38. The molecule has 1 atom stereocenters. The standard InChI is InChI=1S/C27H31N3O3/c1-29(2)18-20-11-13-21(14-12-20)24-9-4-3-7-22(24)17-28-26(31)23-8-5-15-30(19-23)27(32)25-10-6-16-33-25/h3-4,6-7,9-14,16,23H,5,8,15,17-19H2,1-2H3,(H,28,31)/t23-/m0/s1. The lowest BCUT2D eigenvalue weighted by molar-refractivity contribution is -0.126. The highest BCUT2D eigenvalue weighted by molar-refractivity contribution is 5.92. The van der Waals surface area contributed by atoms with E-state index < -0.39 is 0 Å². The van der Waals surface area contributed by atoms with E-state index in [-0.39, 0.29) is 17.7 Å². The first-order valence-electron chi connectivity index (χ1n) is 11.4. The molecule has 1 aromatic heterocycles. The van der Waals surface area contributed by atoms with Gasteiger partial charge in [0.1, 0.15) is 0 Å². The molecule has 0 saturated carbocycles. The van der Waals surface area contributed by atoms with Crippen molar-refractivity contribution in [3.8, 4) is 11.1 Å². The van der Waals surface area contributed by atoms with Crippen LogP contribution < -0.4 is 5.32 Å². The fraction of sp³-hybridized carbons (Fsp3) is 0.333. The Morgan fingerprint density at radius 2 is 1.85 bits per heavy atom. The summed E-state index contributed by atoms with van der Waals surface area (Å²) < 4.78 is 5.24. The number of hydrogen-bond donors (Lipinski definition) is 1.